The molecule has 2 saturated heterocycles. The summed E-state index contributed by atoms with van der Waals surface area (Å²) in [5.74, 6) is 0.853. The number of piperidine rings is 1. The molecule has 0 bridgehead atoms. The number of benzene rings is 2. The molecule has 1 unspecified atom stereocenters. The molecular weight excluding hydrogens is 380 g/mol. The van der Waals surface area contributed by atoms with Crippen molar-refractivity contribution in [2.45, 2.75) is 49.6 Å². The molecule has 0 radical (unpaired) electrons. The van der Waals surface area contributed by atoms with Crippen LogP contribution in [0.4, 0.5) is 5.69 Å². The van der Waals surface area contributed by atoms with Gasteiger partial charge in [0.05, 0.1) is 11.7 Å². The van der Waals surface area contributed by atoms with Crippen LogP contribution in [0.2, 0.25) is 0 Å². The van der Waals surface area contributed by atoms with E-state index in [1.165, 1.54) is 37.9 Å². The summed E-state index contributed by atoms with van der Waals surface area (Å²) in [5.41, 5.74) is 2.85. The minimum atomic E-state index is -0.0458. The molecule has 4 rings (SSSR count). The van der Waals surface area contributed by atoms with Gasteiger partial charge in [-0.3, -0.25) is 9.69 Å². The van der Waals surface area contributed by atoms with Gasteiger partial charge in [-0.15, -0.1) is 11.8 Å². The van der Waals surface area contributed by atoms with Gasteiger partial charge < -0.3 is 10.1 Å². The van der Waals surface area contributed by atoms with Gasteiger partial charge in [-0.1, -0.05) is 30.7 Å². The third-order valence-electron chi connectivity index (χ3n) is 5.62. The summed E-state index contributed by atoms with van der Waals surface area (Å²) >= 11 is 1.72. The maximum absolute atomic E-state index is 13.0. The Kier molecular flexibility index (Phi) is 7.25. The third kappa shape index (κ3) is 5.84. The third-order valence-corrected chi connectivity index (χ3v) is 6.83. The van der Waals surface area contributed by atoms with Crippen molar-refractivity contribution >= 4 is 23.4 Å². The van der Waals surface area contributed by atoms with Crippen molar-refractivity contribution in [3.05, 3.63) is 59.7 Å². The Labute approximate surface area is 178 Å². The monoisotopic (exact) mass is 410 g/mol. The zero-order chi connectivity index (χ0) is 19.9. The molecule has 2 aromatic rings. The first-order valence-corrected chi connectivity index (χ1v) is 11.7. The Morgan fingerprint density at radius 2 is 1.93 bits per heavy atom. The van der Waals surface area contributed by atoms with E-state index in [0.29, 0.717) is 6.10 Å². The van der Waals surface area contributed by atoms with E-state index in [9.17, 15) is 4.79 Å². The molecule has 2 aliphatic heterocycles. The summed E-state index contributed by atoms with van der Waals surface area (Å²) in [4.78, 5) is 16.5. The second-order valence-corrected chi connectivity index (χ2v) is 9.00. The summed E-state index contributed by atoms with van der Waals surface area (Å²) in [7, 11) is 0. The van der Waals surface area contributed by atoms with Crippen LogP contribution in [-0.2, 0) is 11.3 Å². The van der Waals surface area contributed by atoms with Crippen molar-refractivity contribution in [3.63, 3.8) is 0 Å². The highest BCUT2D eigenvalue weighted by Gasteiger charge is 2.18. The number of nitrogens with one attached hydrogen (secondary N) is 1. The number of likely N-dealkylation sites (tertiary alicyclic amines) is 1. The first kappa shape index (κ1) is 20.5. The molecular formula is C24H30N2O2S. The Morgan fingerprint density at radius 3 is 2.76 bits per heavy atom. The lowest BCUT2D eigenvalue weighted by molar-refractivity contribution is 0.102. The molecule has 5 heteroatoms. The molecule has 2 fully saturated rings. The molecule has 2 heterocycles. The number of amides is 1. The summed E-state index contributed by atoms with van der Waals surface area (Å²) in [6.45, 7) is 4.16. The maximum atomic E-state index is 13.0. The van der Waals surface area contributed by atoms with Crippen LogP contribution in [0.15, 0.2) is 53.4 Å². The highest BCUT2D eigenvalue weighted by atomic mass is 32.2. The van der Waals surface area contributed by atoms with Gasteiger partial charge in [0.2, 0.25) is 0 Å². The highest BCUT2D eigenvalue weighted by Crippen LogP contribution is 2.27. The van der Waals surface area contributed by atoms with Crippen molar-refractivity contribution in [3.8, 4) is 0 Å². The Morgan fingerprint density at radius 1 is 1.07 bits per heavy atom. The second kappa shape index (κ2) is 10.3. The predicted octanol–water partition coefficient (Wildman–Crippen LogP) is 5.20. The largest absolute Gasteiger partial charge is 0.377 e. The van der Waals surface area contributed by atoms with Crippen LogP contribution in [0.25, 0.3) is 0 Å². The lowest BCUT2D eigenvalue weighted by atomic mass is 10.1. The molecule has 1 N–H and O–H groups in total. The van der Waals surface area contributed by atoms with Crippen LogP contribution in [0.5, 0.6) is 0 Å². The number of carbonyl (C=O) groups excluding carboxylic acids is 1. The summed E-state index contributed by atoms with van der Waals surface area (Å²) in [6, 6.07) is 16.1. The van der Waals surface area contributed by atoms with E-state index in [1.807, 2.05) is 36.4 Å². The lowest BCUT2D eigenvalue weighted by Gasteiger charge is -2.26. The molecule has 0 spiro atoms. The number of hydrogen-bond donors (Lipinski definition) is 1. The van der Waals surface area contributed by atoms with E-state index in [4.69, 9.17) is 4.74 Å². The van der Waals surface area contributed by atoms with Crippen molar-refractivity contribution in [2.24, 2.45) is 0 Å². The fourth-order valence-corrected chi connectivity index (χ4v) is 5.18. The molecule has 0 aromatic heterocycles. The minimum Gasteiger partial charge on any atom is -0.377 e. The molecule has 2 aromatic carbocycles. The zero-order valence-electron chi connectivity index (χ0n) is 16.9. The SMILES string of the molecule is O=C(Nc1cccc(CN2CCCCC2)c1)c1ccccc1SCC1CCCO1. The van der Waals surface area contributed by atoms with E-state index < -0.39 is 0 Å². The van der Waals surface area contributed by atoms with Gasteiger partial charge in [-0.2, -0.15) is 0 Å². The quantitative estimate of drug-likeness (QED) is 0.638. The Hall–Kier alpha value is -1.82. The smallest absolute Gasteiger partial charge is 0.256 e. The van der Waals surface area contributed by atoms with E-state index in [1.54, 1.807) is 11.8 Å². The van der Waals surface area contributed by atoms with Crippen LogP contribution in [-0.4, -0.2) is 42.4 Å². The van der Waals surface area contributed by atoms with E-state index >= 15 is 0 Å². The second-order valence-electron chi connectivity index (χ2n) is 7.93. The summed E-state index contributed by atoms with van der Waals surface area (Å²) in [6.07, 6.45) is 6.49. The predicted molar refractivity (Wildman–Crippen MR) is 120 cm³/mol. The first-order chi connectivity index (χ1) is 14.3. The number of anilines is 1. The maximum Gasteiger partial charge on any atom is 0.256 e. The lowest BCUT2D eigenvalue weighted by Crippen LogP contribution is -2.29. The van der Waals surface area contributed by atoms with Crippen LogP contribution in [0, 0.1) is 0 Å². The summed E-state index contributed by atoms with van der Waals surface area (Å²) in [5, 5.41) is 3.10. The first-order valence-electron chi connectivity index (χ1n) is 10.7. The van der Waals surface area contributed by atoms with Gasteiger partial charge >= 0.3 is 0 Å². The molecule has 29 heavy (non-hydrogen) atoms. The van der Waals surface area contributed by atoms with Gasteiger partial charge in [-0.05, 0) is 68.6 Å². The fourth-order valence-electron chi connectivity index (χ4n) is 4.06. The number of rotatable bonds is 7. The van der Waals surface area contributed by atoms with E-state index in [2.05, 4.69) is 22.3 Å². The van der Waals surface area contributed by atoms with Crippen LogP contribution < -0.4 is 5.32 Å². The molecule has 4 nitrogen and oxygen atoms in total. The van der Waals surface area contributed by atoms with E-state index in [0.717, 1.165) is 47.9 Å². The number of thioether (sulfide) groups is 1. The standard InChI is InChI=1S/C24H30N2O2S/c27-24(22-11-2-3-12-23(22)29-18-21-10-7-15-28-21)25-20-9-6-8-19(16-20)17-26-13-4-1-5-14-26/h2-3,6,8-9,11-12,16,21H,1,4-5,7,10,13-15,17-18H2,(H,25,27). The van der Waals surface area contributed by atoms with Gasteiger partial charge in [0.15, 0.2) is 0 Å². The number of nitrogens with zero attached hydrogens (tertiary/aromatic N) is 1. The normalized spacial score (nSPS) is 19.9. The Balaban J connectivity index is 1.39. The molecule has 0 aliphatic carbocycles. The van der Waals surface area contributed by atoms with Crippen molar-refractivity contribution in [2.75, 3.05) is 30.8 Å². The van der Waals surface area contributed by atoms with E-state index in [-0.39, 0.29) is 5.91 Å². The highest BCUT2D eigenvalue weighted by molar-refractivity contribution is 7.99. The fraction of sp³-hybridized carbons (Fsp3) is 0.458. The van der Waals surface area contributed by atoms with Gasteiger partial charge in [0.25, 0.3) is 5.91 Å². The average molecular weight is 411 g/mol. The molecule has 1 amide bonds. The van der Waals surface area contributed by atoms with Crippen molar-refractivity contribution in [1.29, 1.82) is 0 Å². The average Bonchev–Trinajstić information content (AvgIpc) is 3.27. The van der Waals surface area contributed by atoms with Crippen LogP contribution in [0.3, 0.4) is 0 Å². The van der Waals surface area contributed by atoms with Crippen LogP contribution >= 0.6 is 11.8 Å². The van der Waals surface area contributed by atoms with Crippen molar-refractivity contribution < 1.29 is 9.53 Å². The topological polar surface area (TPSA) is 41.6 Å². The Bertz CT molecular complexity index is 814. The van der Waals surface area contributed by atoms with Gasteiger partial charge in [0.1, 0.15) is 0 Å². The molecule has 1 atom stereocenters. The number of ether oxygens (including phenoxy) is 1. The number of hydrogen-bond acceptors (Lipinski definition) is 4. The molecule has 154 valence electrons. The zero-order valence-corrected chi connectivity index (χ0v) is 17.8. The number of carbonyl (C=O) groups is 1. The van der Waals surface area contributed by atoms with Crippen molar-refractivity contribution in [1.82, 2.24) is 4.90 Å². The molecule has 0 saturated carbocycles. The van der Waals surface area contributed by atoms with Crippen LogP contribution in [0.1, 0.15) is 48.0 Å². The molecule has 2 aliphatic rings. The van der Waals surface area contributed by atoms with Gasteiger partial charge in [0, 0.05) is 29.5 Å². The van der Waals surface area contributed by atoms with Gasteiger partial charge in [-0.25, -0.2) is 0 Å². The summed E-state index contributed by atoms with van der Waals surface area (Å²) < 4.78 is 5.72. The minimum absolute atomic E-state index is 0.0458.